The summed E-state index contributed by atoms with van der Waals surface area (Å²) in [5.41, 5.74) is 0.681. The molecule has 5 nitrogen and oxygen atoms in total. The van der Waals surface area contributed by atoms with Crippen LogP contribution in [0.4, 0.5) is 13.2 Å². The molecular weight excluding hydrogens is 321 g/mol. The number of aliphatic imine (C=N–C) groups is 1. The third-order valence-corrected chi connectivity index (χ3v) is 4.02. The maximum atomic E-state index is 13.3. The monoisotopic (exact) mass is 344 g/mol. The van der Waals surface area contributed by atoms with E-state index in [4.69, 9.17) is 0 Å². The number of nitrogens with one attached hydrogen (secondary N) is 2. The van der Waals surface area contributed by atoms with E-state index in [1.165, 1.54) is 12.1 Å². The van der Waals surface area contributed by atoms with Gasteiger partial charge in [0.15, 0.2) is 17.5 Å². The Balaban J connectivity index is 1.77. The fourth-order valence-electron chi connectivity index (χ4n) is 2.69. The van der Waals surface area contributed by atoms with Crippen LogP contribution in [0.5, 0.6) is 5.75 Å². The summed E-state index contributed by atoms with van der Waals surface area (Å²) < 4.78 is 38.0. The van der Waals surface area contributed by atoms with Gasteiger partial charge in [-0.3, -0.25) is 9.89 Å². The van der Waals surface area contributed by atoms with E-state index in [0.29, 0.717) is 31.2 Å². The fraction of sp³-hybridized carbons (Fsp3) is 0.562. The first-order chi connectivity index (χ1) is 11.5. The number of benzene rings is 1. The first-order valence-electron chi connectivity index (χ1n) is 7.93. The molecule has 0 atom stereocenters. The van der Waals surface area contributed by atoms with Crippen molar-refractivity contribution in [2.24, 2.45) is 4.99 Å². The lowest BCUT2D eigenvalue weighted by atomic mass is 10.1. The summed E-state index contributed by atoms with van der Waals surface area (Å²) in [7, 11) is 1.64. The first-order valence-corrected chi connectivity index (χ1v) is 7.93. The van der Waals surface area contributed by atoms with E-state index in [1.807, 2.05) is 0 Å². The average molecular weight is 344 g/mol. The molecule has 0 radical (unpaired) electrons. The predicted molar refractivity (Wildman–Crippen MR) is 86.9 cm³/mol. The van der Waals surface area contributed by atoms with E-state index in [-0.39, 0.29) is 18.3 Å². The molecule has 134 valence electrons. The zero-order chi connectivity index (χ0) is 17.5. The molecule has 1 fully saturated rings. The Morgan fingerprint density at radius 3 is 2.67 bits per heavy atom. The topological polar surface area (TPSA) is 59.9 Å². The van der Waals surface area contributed by atoms with Crippen LogP contribution in [-0.4, -0.2) is 55.1 Å². The molecule has 1 saturated heterocycles. The Morgan fingerprint density at radius 2 is 2.08 bits per heavy atom. The van der Waals surface area contributed by atoms with Gasteiger partial charge in [-0.05, 0) is 30.5 Å². The third kappa shape index (κ3) is 5.59. The summed E-state index contributed by atoms with van der Waals surface area (Å²) in [6, 6.07) is 4.36. The van der Waals surface area contributed by atoms with Crippen molar-refractivity contribution in [2.75, 3.05) is 26.7 Å². The van der Waals surface area contributed by atoms with Crippen molar-refractivity contribution in [3.63, 3.8) is 0 Å². The molecule has 3 N–H and O–H groups in total. The Kier molecular flexibility index (Phi) is 6.72. The standard InChI is InChI=1S/C16H23F3N4O/c1-20-16(21-9-11-2-3-14(24)13(17)8-11)22-12-4-6-23(7-5-12)10-15(18)19/h2-3,8,12,15,24H,4-7,9-10H2,1H3,(H2,20,21,22). The van der Waals surface area contributed by atoms with Gasteiger partial charge in [-0.1, -0.05) is 6.07 Å². The Morgan fingerprint density at radius 1 is 1.38 bits per heavy atom. The summed E-state index contributed by atoms with van der Waals surface area (Å²) in [5.74, 6) is -0.462. The second kappa shape index (κ2) is 8.77. The summed E-state index contributed by atoms with van der Waals surface area (Å²) in [6.45, 7) is 1.44. The van der Waals surface area contributed by atoms with Crippen LogP contribution in [0.15, 0.2) is 23.2 Å². The zero-order valence-electron chi connectivity index (χ0n) is 13.6. The number of rotatable bonds is 5. The SMILES string of the molecule is CN=C(NCc1ccc(O)c(F)c1)NC1CCN(CC(F)F)CC1. The lowest BCUT2D eigenvalue weighted by Crippen LogP contribution is -2.49. The van der Waals surface area contributed by atoms with Gasteiger partial charge in [0, 0.05) is 32.7 Å². The first kappa shape index (κ1) is 18.4. The summed E-state index contributed by atoms with van der Waals surface area (Å²) >= 11 is 0. The zero-order valence-corrected chi connectivity index (χ0v) is 13.6. The number of likely N-dealkylation sites (tertiary alicyclic amines) is 1. The highest BCUT2D eigenvalue weighted by atomic mass is 19.3. The quantitative estimate of drug-likeness (QED) is 0.564. The Hall–Kier alpha value is -1.96. The molecule has 1 aromatic rings. The van der Waals surface area contributed by atoms with Crippen molar-refractivity contribution >= 4 is 5.96 Å². The van der Waals surface area contributed by atoms with Gasteiger partial charge in [-0.15, -0.1) is 0 Å². The van der Waals surface area contributed by atoms with E-state index in [2.05, 4.69) is 15.6 Å². The van der Waals surface area contributed by atoms with Crippen LogP contribution in [0.1, 0.15) is 18.4 Å². The maximum absolute atomic E-state index is 13.3. The summed E-state index contributed by atoms with van der Waals surface area (Å²) in [5, 5.41) is 15.5. The third-order valence-electron chi connectivity index (χ3n) is 4.02. The normalized spacial score (nSPS) is 17.3. The van der Waals surface area contributed by atoms with Crippen molar-refractivity contribution < 1.29 is 18.3 Å². The van der Waals surface area contributed by atoms with Crippen LogP contribution in [-0.2, 0) is 6.54 Å². The van der Waals surface area contributed by atoms with Crippen molar-refractivity contribution in [2.45, 2.75) is 31.9 Å². The Bertz CT molecular complexity index is 560. The van der Waals surface area contributed by atoms with Crippen molar-refractivity contribution in [3.05, 3.63) is 29.6 Å². The van der Waals surface area contributed by atoms with Crippen LogP contribution in [0.25, 0.3) is 0 Å². The van der Waals surface area contributed by atoms with E-state index in [9.17, 15) is 18.3 Å². The molecule has 1 aliphatic rings. The van der Waals surface area contributed by atoms with Crippen LogP contribution in [0.3, 0.4) is 0 Å². The number of phenolic OH excluding ortho intramolecular Hbond substituents is 1. The molecule has 0 spiro atoms. The smallest absolute Gasteiger partial charge is 0.251 e. The molecule has 0 saturated carbocycles. The number of hydrogen-bond donors (Lipinski definition) is 3. The molecular formula is C16H23F3N4O. The van der Waals surface area contributed by atoms with Crippen LogP contribution in [0.2, 0.25) is 0 Å². The highest BCUT2D eigenvalue weighted by Crippen LogP contribution is 2.16. The molecule has 0 unspecified atom stereocenters. The highest BCUT2D eigenvalue weighted by Gasteiger charge is 2.21. The molecule has 8 heteroatoms. The number of halogens is 3. The van der Waals surface area contributed by atoms with E-state index < -0.39 is 12.2 Å². The fourth-order valence-corrected chi connectivity index (χ4v) is 2.69. The molecule has 24 heavy (non-hydrogen) atoms. The molecule has 1 aromatic carbocycles. The number of phenols is 1. The minimum Gasteiger partial charge on any atom is -0.505 e. The van der Waals surface area contributed by atoms with Gasteiger partial charge < -0.3 is 15.7 Å². The number of aromatic hydroxyl groups is 1. The summed E-state index contributed by atoms with van der Waals surface area (Å²) in [6.07, 6.45) is -0.766. The van der Waals surface area contributed by atoms with Gasteiger partial charge in [0.2, 0.25) is 0 Å². The molecule has 1 heterocycles. The molecule has 0 aromatic heterocycles. The lowest BCUT2D eigenvalue weighted by molar-refractivity contribution is 0.0744. The molecule has 2 rings (SSSR count). The average Bonchev–Trinajstić information content (AvgIpc) is 2.55. The van der Waals surface area contributed by atoms with Crippen LogP contribution in [0, 0.1) is 5.82 Å². The van der Waals surface area contributed by atoms with Crippen molar-refractivity contribution in [3.8, 4) is 5.75 Å². The minimum atomic E-state index is -2.30. The predicted octanol–water partition coefficient (Wildman–Crippen LogP) is 1.93. The van der Waals surface area contributed by atoms with E-state index in [1.54, 1.807) is 18.0 Å². The number of alkyl halides is 2. The van der Waals surface area contributed by atoms with Crippen molar-refractivity contribution in [1.29, 1.82) is 0 Å². The number of nitrogens with zero attached hydrogens (tertiary/aromatic N) is 2. The van der Waals surface area contributed by atoms with Gasteiger partial charge in [-0.2, -0.15) is 0 Å². The van der Waals surface area contributed by atoms with E-state index >= 15 is 0 Å². The van der Waals surface area contributed by atoms with E-state index in [0.717, 1.165) is 12.8 Å². The minimum absolute atomic E-state index is 0.168. The van der Waals surface area contributed by atoms with Crippen molar-refractivity contribution in [1.82, 2.24) is 15.5 Å². The van der Waals surface area contributed by atoms with Gasteiger partial charge in [0.25, 0.3) is 6.43 Å². The summed E-state index contributed by atoms with van der Waals surface area (Å²) in [4.78, 5) is 5.88. The van der Waals surface area contributed by atoms with Gasteiger partial charge in [0.1, 0.15) is 0 Å². The molecule has 0 amide bonds. The molecule has 1 aliphatic heterocycles. The molecule has 0 bridgehead atoms. The lowest BCUT2D eigenvalue weighted by Gasteiger charge is -2.32. The number of piperidine rings is 1. The van der Waals surface area contributed by atoms with Gasteiger partial charge >= 0.3 is 0 Å². The van der Waals surface area contributed by atoms with Crippen LogP contribution < -0.4 is 10.6 Å². The second-order valence-electron chi connectivity index (χ2n) is 5.82. The van der Waals surface area contributed by atoms with Gasteiger partial charge in [0.05, 0.1) is 6.54 Å². The number of guanidine groups is 1. The largest absolute Gasteiger partial charge is 0.505 e. The number of hydrogen-bond acceptors (Lipinski definition) is 3. The maximum Gasteiger partial charge on any atom is 0.251 e. The second-order valence-corrected chi connectivity index (χ2v) is 5.82. The Labute approximate surface area is 139 Å². The highest BCUT2D eigenvalue weighted by molar-refractivity contribution is 5.79. The van der Waals surface area contributed by atoms with Crippen LogP contribution >= 0.6 is 0 Å². The molecule has 0 aliphatic carbocycles. The van der Waals surface area contributed by atoms with Gasteiger partial charge in [-0.25, -0.2) is 13.2 Å².